The van der Waals surface area contributed by atoms with Gasteiger partial charge < -0.3 is 14.0 Å². The maximum atomic E-state index is 5.38. The van der Waals surface area contributed by atoms with Gasteiger partial charge >= 0.3 is 0 Å². The maximum absolute atomic E-state index is 5.38. The Balaban J connectivity index is 1.58. The fraction of sp³-hybridized carbons (Fsp3) is 0.125. The normalized spacial score (nSPS) is 13.1. The summed E-state index contributed by atoms with van der Waals surface area (Å²) < 4.78 is 13.6. The highest BCUT2D eigenvalue weighted by Gasteiger charge is 2.15. The van der Waals surface area contributed by atoms with Gasteiger partial charge in [0.15, 0.2) is 11.5 Å². The Labute approximate surface area is 140 Å². The van der Waals surface area contributed by atoms with Crippen molar-refractivity contribution in [1.29, 1.82) is 0 Å². The molecule has 1 N–H and O–H groups in total. The van der Waals surface area contributed by atoms with Crippen molar-refractivity contribution in [3.8, 4) is 11.5 Å². The van der Waals surface area contributed by atoms with Crippen LogP contribution in [0.3, 0.4) is 0 Å². The number of hydrazone groups is 1. The number of nitrogens with zero attached hydrogens (tertiary/aromatic N) is 3. The van der Waals surface area contributed by atoms with Gasteiger partial charge in [-0.05, 0) is 40.2 Å². The third kappa shape index (κ3) is 2.53. The largest absolute Gasteiger partial charge is 0.454 e. The molecule has 2 heterocycles. The smallest absolute Gasteiger partial charge is 0.231 e. The van der Waals surface area contributed by atoms with Gasteiger partial charge in [0, 0.05) is 17.1 Å². The van der Waals surface area contributed by atoms with E-state index in [0.29, 0.717) is 5.95 Å². The van der Waals surface area contributed by atoms with Crippen LogP contribution in [0.25, 0.3) is 11.0 Å². The summed E-state index contributed by atoms with van der Waals surface area (Å²) in [4.78, 5) is 4.51. The summed E-state index contributed by atoms with van der Waals surface area (Å²) in [6.45, 7) is 0.250. The summed E-state index contributed by atoms with van der Waals surface area (Å²) in [5, 5.41) is 4.27. The highest BCUT2D eigenvalue weighted by atomic mass is 79.9. The average Bonchev–Trinajstić information content (AvgIpc) is 3.12. The zero-order chi connectivity index (χ0) is 15.8. The molecular formula is C16H13BrN4O2. The number of hydrogen-bond acceptors (Lipinski definition) is 5. The quantitative estimate of drug-likeness (QED) is 0.564. The summed E-state index contributed by atoms with van der Waals surface area (Å²) in [5.41, 5.74) is 5.84. The predicted octanol–water partition coefficient (Wildman–Crippen LogP) is 3.51. The Hall–Kier alpha value is -2.54. The van der Waals surface area contributed by atoms with Gasteiger partial charge in [-0.15, -0.1) is 0 Å². The predicted molar refractivity (Wildman–Crippen MR) is 92.2 cm³/mol. The molecule has 1 aliphatic rings. The Morgan fingerprint density at radius 1 is 1.26 bits per heavy atom. The molecule has 1 aliphatic heterocycles. The molecular weight excluding hydrogens is 360 g/mol. The second-order valence-electron chi connectivity index (χ2n) is 5.08. The number of fused-ring (bicyclic) bond motifs is 2. The summed E-state index contributed by atoms with van der Waals surface area (Å²) in [7, 11) is 1.95. The lowest BCUT2D eigenvalue weighted by atomic mass is 10.2. The molecule has 0 saturated heterocycles. The SMILES string of the molecule is Cn1c(N/N=C\c2cc3c(cc2Br)OCO3)nc2ccccc21. The monoisotopic (exact) mass is 372 g/mol. The summed E-state index contributed by atoms with van der Waals surface area (Å²) in [6.07, 6.45) is 1.71. The molecule has 0 atom stereocenters. The first kappa shape index (κ1) is 14.1. The molecule has 0 unspecified atom stereocenters. The third-order valence-electron chi connectivity index (χ3n) is 3.65. The molecule has 0 spiro atoms. The Kier molecular flexibility index (Phi) is 3.42. The van der Waals surface area contributed by atoms with Crippen LogP contribution >= 0.6 is 15.9 Å². The van der Waals surface area contributed by atoms with Gasteiger partial charge in [0.1, 0.15) is 0 Å². The zero-order valence-electron chi connectivity index (χ0n) is 12.3. The van der Waals surface area contributed by atoms with Gasteiger partial charge in [0.2, 0.25) is 12.7 Å². The van der Waals surface area contributed by atoms with Crippen LogP contribution in [0.4, 0.5) is 5.95 Å². The first-order valence-electron chi connectivity index (χ1n) is 7.02. The first-order chi connectivity index (χ1) is 11.2. The number of aryl methyl sites for hydroxylation is 1. The lowest BCUT2D eigenvalue weighted by Gasteiger charge is -2.03. The fourth-order valence-electron chi connectivity index (χ4n) is 2.44. The van der Waals surface area contributed by atoms with Crippen LogP contribution in [-0.2, 0) is 7.05 Å². The van der Waals surface area contributed by atoms with Crippen molar-refractivity contribution in [2.75, 3.05) is 12.2 Å². The molecule has 0 saturated carbocycles. The number of ether oxygens (including phenoxy) is 2. The molecule has 0 amide bonds. The average molecular weight is 373 g/mol. The number of anilines is 1. The minimum Gasteiger partial charge on any atom is -0.454 e. The van der Waals surface area contributed by atoms with E-state index in [1.165, 1.54) is 0 Å². The Morgan fingerprint density at radius 2 is 2.04 bits per heavy atom. The standard InChI is InChI=1S/C16H13BrN4O2/c1-21-13-5-3-2-4-12(13)19-16(21)20-18-8-10-6-14-15(7-11(10)17)23-9-22-14/h2-8H,9H2,1H3,(H,19,20)/b18-8-. The molecule has 0 bridgehead atoms. The number of rotatable bonds is 3. The number of imidazole rings is 1. The molecule has 2 aromatic carbocycles. The second-order valence-corrected chi connectivity index (χ2v) is 5.93. The van der Waals surface area contributed by atoms with Gasteiger partial charge in [-0.3, -0.25) is 0 Å². The summed E-state index contributed by atoms with van der Waals surface area (Å²) in [5.74, 6) is 2.13. The molecule has 3 aromatic rings. The van der Waals surface area contributed by atoms with E-state index in [1.54, 1.807) is 6.21 Å². The Bertz CT molecular complexity index is 920. The van der Waals surface area contributed by atoms with E-state index in [4.69, 9.17) is 9.47 Å². The molecule has 1 aromatic heterocycles. The van der Waals surface area contributed by atoms with Gasteiger partial charge in [0.25, 0.3) is 0 Å². The number of benzene rings is 2. The van der Waals surface area contributed by atoms with E-state index in [-0.39, 0.29) is 6.79 Å². The van der Waals surface area contributed by atoms with Crippen LogP contribution in [0.2, 0.25) is 0 Å². The van der Waals surface area contributed by atoms with Crippen LogP contribution in [0.1, 0.15) is 5.56 Å². The van der Waals surface area contributed by atoms with E-state index in [1.807, 2.05) is 48.0 Å². The maximum Gasteiger partial charge on any atom is 0.231 e. The molecule has 6 nitrogen and oxygen atoms in total. The van der Waals surface area contributed by atoms with Crippen LogP contribution in [0.5, 0.6) is 11.5 Å². The van der Waals surface area contributed by atoms with Crippen molar-refractivity contribution in [3.05, 3.63) is 46.4 Å². The molecule has 4 rings (SSSR count). The van der Waals surface area contributed by atoms with Crippen LogP contribution in [-0.4, -0.2) is 22.6 Å². The van der Waals surface area contributed by atoms with Crippen molar-refractivity contribution < 1.29 is 9.47 Å². The summed E-state index contributed by atoms with van der Waals surface area (Å²) >= 11 is 3.50. The third-order valence-corrected chi connectivity index (χ3v) is 4.33. The van der Waals surface area contributed by atoms with Crippen LogP contribution in [0.15, 0.2) is 46.0 Å². The highest BCUT2D eigenvalue weighted by molar-refractivity contribution is 9.10. The first-order valence-corrected chi connectivity index (χ1v) is 7.81. The number of nitrogens with one attached hydrogen (secondary N) is 1. The molecule has 23 heavy (non-hydrogen) atoms. The number of hydrogen-bond donors (Lipinski definition) is 1. The second kappa shape index (κ2) is 5.58. The van der Waals surface area contributed by atoms with Crippen molar-refractivity contribution in [1.82, 2.24) is 9.55 Å². The number of halogens is 1. The minimum absolute atomic E-state index is 0.250. The van der Waals surface area contributed by atoms with E-state index in [9.17, 15) is 0 Å². The van der Waals surface area contributed by atoms with Crippen molar-refractivity contribution in [2.45, 2.75) is 0 Å². The lowest BCUT2D eigenvalue weighted by molar-refractivity contribution is 0.174. The molecule has 7 heteroatoms. The molecule has 0 radical (unpaired) electrons. The molecule has 0 aliphatic carbocycles. The van der Waals surface area contributed by atoms with E-state index >= 15 is 0 Å². The van der Waals surface area contributed by atoms with Crippen molar-refractivity contribution >= 4 is 39.1 Å². The topological polar surface area (TPSA) is 60.7 Å². The van der Waals surface area contributed by atoms with Gasteiger partial charge in [-0.1, -0.05) is 12.1 Å². The van der Waals surface area contributed by atoms with E-state index in [2.05, 4.69) is 31.4 Å². The summed E-state index contributed by atoms with van der Waals surface area (Å²) in [6, 6.07) is 11.7. The molecule has 116 valence electrons. The highest BCUT2D eigenvalue weighted by Crippen LogP contribution is 2.36. The lowest BCUT2D eigenvalue weighted by Crippen LogP contribution is -1.99. The van der Waals surface area contributed by atoms with E-state index < -0.39 is 0 Å². The Morgan fingerprint density at radius 3 is 2.87 bits per heavy atom. The van der Waals surface area contributed by atoms with Gasteiger partial charge in [-0.2, -0.15) is 5.10 Å². The van der Waals surface area contributed by atoms with Crippen molar-refractivity contribution in [2.24, 2.45) is 12.1 Å². The molecule has 0 fully saturated rings. The van der Waals surface area contributed by atoms with Crippen LogP contribution < -0.4 is 14.9 Å². The number of para-hydroxylation sites is 2. The fourth-order valence-corrected chi connectivity index (χ4v) is 2.86. The van der Waals surface area contributed by atoms with Crippen molar-refractivity contribution in [3.63, 3.8) is 0 Å². The minimum atomic E-state index is 0.250. The number of aromatic nitrogens is 2. The van der Waals surface area contributed by atoms with Gasteiger partial charge in [0.05, 0.1) is 17.2 Å². The zero-order valence-corrected chi connectivity index (χ0v) is 13.9. The van der Waals surface area contributed by atoms with Gasteiger partial charge in [-0.25, -0.2) is 10.4 Å². The van der Waals surface area contributed by atoms with E-state index in [0.717, 1.165) is 32.6 Å². The van der Waals surface area contributed by atoms with Crippen LogP contribution in [0, 0.1) is 0 Å².